The Kier molecular flexibility index (Phi) is 3.93. The molecule has 1 fully saturated rings. The van der Waals surface area contributed by atoms with Crippen LogP contribution >= 0.6 is 22.6 Å². The third-order valence-corrected chi connectivity index (χ3v) is 4.85. The van der Waals surface area contributed by atoms with E-state index in [-0.39, 0.29) is 17.6 Å². The van der Waals surface area contributed by atoms with Crippen LogP contribution in [-0.4, -0.2) is 28.7 Å². The minimum Gasteiger partial charge on any atom is -0.381 e. The van der Waals surface area contributed by atoms with Crippen LogP contribution in [-0.2, 0) is 9.47 Å². The Balaban J connectivity index is 2.44. The lowest BCUT2D eigenvalue weighted by Gasteiger charge is -2.49. The number of halogens is 1. The molecule has 1 spiro atoms. The van der Waals surface area contributed by atoms with Gasteiger partial charge in [0.2, 0.25) is 0 Å². The van der Waals surface area contributed by atoms with Crippen molar-refractivity contribution in [1.29, 1.82) is 0 Å². The van der Waals surface area contributed by atoms with E-state index in [1.54, 1.807) is 0 Å². The smallest absolute Gasteiger partial charge is 0.189 e. The van der Waals surface area contributed by atoms with Gasteiger partial charge in [0.15, 0.2) is 5.79 Å². The van der Waals surface area contributed by atoms with Crippen LogP contribution in [0.15, 0.2) is 21.8 Å². The number of aliphatic hydroxyl groups is 1. The average Bonchev–Trinajstić information content (AvgIpc) is 2.51. The fourth-order valence-electron chi connectivity index (χ4n) is 3.22. The summed E-state index contributed by atoms with van der Waals surface area (Å²) in [6.07, 6.45) is 4.60. The van der Waals surface area contributed by atoms with E-state index in [9.17, 15) is 5.11 Å². The number of hydrogen-bond acceptors (Lipinski definition) is 3. The molecule has 1 heterocycles. The molecular weight excluding hydrogens is 355 g/mol. The summed E-state index contributed by atoms with van der Waals surface area (Å²) in [6, 6.07) is 0. The van der Waals surface area contributed by atoms with Gasteiger partial charge in [-0.15, -0.1) is 0 Å². The maximum absolute atomic E-state index is 11.0. The lowest BCUT2D eigenvalue weighted by Crippen LogP contribution is -2.53. The second-order valence-corrected chi connectivity index (χ2v) is 7.12. The van der Waals surface area contributed by atoms with Gasteiger partial charge in [-0.2, -0.15) is 0 Å². The molecule has 3 unspecified atom stereocenters. The first kappa shape index (κ1) is 15.5. The Morgan fingerprint density at radius 2 is 1.84 bits per heavy atom. The highest BCUT2D eigenvalue weighted by molar-refractivity contribution is 14.1. The quantitative estimate of drug-likeness (QED) is 0.560. The molecule has 0 aromatic carbocycles. The van der Waals surface area contributed by atoms with E-state index in [0.29, 0.717) is 6.42 Å². The van der Waals surface area contributed by atoms with Crippen LogP contribution in [0.4, 0.5) is 0 Å². The Hall–Kier alpha value is 0.0900. The van der Waals surface area contributed by atoms with Crippen molar-refractivity contribution in [2.24, 2.45) is 5.41 Å². The molecule has 108 valence electrons. The molecule has 1 saturated heterocycles. The summed E-state index contributed by atoms with van der Waals surface area (Å²) < 4.78 is 14.0. The van der Waals surface area contributed by atoms with Crippen LogP contribution in [0.5, 0.6) is 0 Å². The summed E-state index contributed by atoms with van der Waals surface area (Å²) in [5.41, 5.74) is -0.406. The maximum Gasteiger partial charge on any atom is 0.189 e. The highest BCUT2D eigenvalue weighted by atomic mass is 127. The zero-order valence-corrected chi connectivity index (χ0v) is 14.4. The fraction of sp³-hybridized carbons (Fsp3) is 0.733. The second-order valence-electron chi connectivity index (χ2n) is 6.40. The molecule has 2 aliphatic rings. The van der Waals surface area contributed by atoms with Gasteiger partial charge in [0.05, 0.1) is 12.2 Å². The molecule has 0 aromatic rings. The summed E-state index contributed by atoms with van der Waals surface area (Å²) in [4.78, 5) is 0. The number of ether oxygens (including phenoxy) is 2. The number of rotatable bonds is 1. The Morgan fingerprint density at radius 1 is 1.32 bits per heavy atom. The summed E-state index contributed by atoms with van der Waals surface area (Å²) in [7, 11) is 0. The molecule has 1 aliphatic heterocycles. The molecule has 0 bridgehead atoms. The van der Waals surface area contributed by atoms with Gasteiger partial charge >= 0.3 is 0 Å². The van der Waals surface area contributed by atoms with Gasteiger partial charge in [0.25, 0.3) is 0 Å². The van der Waals surface area contributed by atoms with Gasteiger partial charge in [0.1, 0.15) is 5.60 Å². The Morgan fingerprint density at radius 3 is 2.26 bits per heavy atom. The van der Waals surface area contributed by atoms with Crippen LogP contribution in [0.3, 0.4) is 0 Å². The molecule has 0 radical (unpaired) electrons. The van der Waals surface area contributed by atoms with Gasteiger partial charge in [-0.25, -0.2) is 0 Å². The molecule has 3 nitrogen and oxygen atoms in total. The Labute approximate surface area is 129 Å². The Bertz CT molecular complexity index is 417. The average molecular weight is 378 g/mol. The van der Waals surface area contributed by atoms with Gasteiger partial charge in [-0.3, -0.25) is 0 Å². The SMILES string of the molecule is CC1=CC2(CC(C)(C)C1(O)/C=C/I)OC(C)C(C)O2. The lowest BCUT2D eigenvalue weighted by molar-refractivity contribution is -0.183. The highest BCUT2D eigenvalue weighted by Gasteiger charge is 2.56. The molecule has 0 saturated carbocycles. The summed E-state index contributed by atoms with van der Waals surface area (Å²) in [6.45, 7) is 10.1. The largest absolute Gasteiger partial charge is 0.381 e. The van der Waals surface area contributed by atoms with Crippen molar-refractivity contribution in [1.82, 2.24) is 0 Å². The third-order valence-electron chi connectivity index (χ3n) is 4.49. The van der Waals surface area contributed by atoms with E-state index in [0.717, 1.165) is 5.57 Å². The summed E-state index contributed by atoms with van der Waals surface area (Å²) in [5, 5.41) is 11.0. The van der Waals surface area contributed by atoms with Crippen molar-refractivity contribution in [3.63, 3.8) is 0 Å². The van der Waals surface area contributed by atoms with Crippen LogP contribution in [0.2, 0.25) is 0 Å². The van der Waals surface area contributed by atoms with Crippen molar-refractivity contribution >= 4 is 22.6 Å². The maximum atomic E-state index is 11.0. The van der Waals surface area contributed by atoms with Crippen molar-refractivity contribution in [3.8, 4) is 0 Å². The highest BCUT2D eigenvalue weighted by Crippen LogP contribution is 2.52. The van der Waals surface area contributed by atoms with Crippen LogP contribution in [0.25, 0.3) is 0 Å². The van der Waals surface area contributed by atoms with E-state index in [2.05, 4.69) is 36.4 Å². The first-order chi connectivity index (χ1) is 8.66. The van der Waals surface area contributed by atoms with Gasteiger partial charge in [-0.1, -0.05) is 36.4 Å². The molecular formula is C15H23IO3. The topological polar surface area (TPSA) is 38.7 Å². The normalized spacial score (nSPS) is 45.9. The second kappa shape index (κ2) is 4.83. The van der Waals surface area contributed by atoms with E-state index < -0.39 is 11.4 Å². The van der Waals surface area contributed by atoms with Gasteiger partial charge < -0.3 is 14.6 Å². The monoisotopic (exact) mass is 378 g/mol. The predicted molar refractivity (Wildman–Crippen MR) is 84.1 cm³/mol. The minimum absolute atomic E-state index is 0.0751. The standard InChI is InChI=1S/C15H23IO3/c1-10-8-14(18-11(2)12(3)19-14)9-13(4,5)15(10,17)6-7-16/h6-8,11-12,17H,9H2,1-5H3/b7-6+. The predicted octanol–water partition coefficient (Wildman–Crippen LogP) is 3.56. The zero-order valence-electron chi connectivity index (χ0n) is 12.2. The number of hydrogen-bond donors (Lipinski definition) is 1. The lowest BCUT2D eigenvalue weighted by atomic mass is 9.63. The molecule has 4 heteroatoms. The van der Waals surface area contributed by atoms with Gasteiger partial charge in [-0.05, 0) is 42.6 Å². The van der Waals surface area contributed by atoms with Crippen molar-refractivity contribution < 1.29 is 14.6 Å². The fourth-order valence-corrected chi connectivity index (χ4v) is 3.74. The van der Waals surface area contributed by atoms with Crippen LogP contribution in [0, 0.1) is 5.41 Å². The van der Waals surface area contributed by atoms with Crippen molar-refractivity contribution in [2.45, 2.75) is 64.6 Å². The first-order valence-corrected chi connectivity index (χ1v) is 7.96. The molecule has 2 rings (SSSR count). The molecule has 1 aliphatic carbocycles. The van der Waals surface area contributed by atoms with E-state index in [1.807, 2.05) is 37.0 Å². The third kappa shape index (κ3) is 2.41. The van der Waals surface area contributed by atoms with E-state index >= 15 is 0 Å². The van der Waals surface area contributed by atoms with Crippen LogP contribution in [0.1, 0.15) is 41.0 Å². The van der Waals surface area contributed by atoms with Crippen molar-refractivity contribution in [2.75, 3.05) is 0 Å². The van der Waals surface area contributed by atoms with Crippen LogP contribution < -0.4 is 0 Å². The molecule has 3 atom stereocenters. The molecule has 0 amide bonds. The molecule has 1 N–H and O–H groups in total. The van der Waals surface area contributed by atoms with E-state index in [1.165, 1.54) is 0 Å². The minimum atomic E-state index is -0.943. The van der Waals surface area contributed by atoms with Crippen molar-refractivity contribution in [3.05, 3.63) is 21.8 Å². The molecule has 0 aromatic heterocycles. The zero-order chi connectivity index (χ0) is 14.5. The summed E-state index contributed by atoms with van der Waals surface area (Å²) in [5.74, 6) is -0.683. The first-order valence-electron chi connectivity index (χ1n) is 6.72. The van der Waals surface area contributed by atoms with Gasteiger partial charge in [0, 0.05) is 11.8 Å². The summed E-state index contributed by atoms with van der Waals surface area (Å²) >= 11 is 2.14. The molecule has 19 heavy (non-hydrogen) atoms. The van der Waals surface area contributed by atoms with E-state index in [4.69, 9.17) is 9.47 Å².